The summed E-state index contributed by atoms with van der Waals surface area (Å²) in [4.78, 5) is 22.8. The van der Waals surface area contributed by atoms with Crippen LogP contribution in [-0.4, -0.2) is 30.2 Å². The molecule has 1 unspecified atom stereocenters. The predicted octanol–water partition coefficient (Wildman–Crippen LogP) is 2.51. The molecule has 5 nitrogen and oxygen atoms in total. The van der Waals surface area contributed by atoms with Crippen LogP contribution >= 0.6 is 15.9 Å². The summed E-state index contributed by atoms with van der Waals surface area (Å²) >= 11 is 3.34. The maximum absolute atomic E-state index is 11.9. The number of nitrogens with one attached hydrogen (secondary N) is 1. The Hall–Kier alpha value is -1.40. The highest BCUT2D eigenvalue weighted by Gasteiger charge is 2.22. The number of halogens is 1. The van der Waals surface area contributed by atoms with E-state index in [4.69, 9.17) is 9.84 Å². The van der Waals surface area contributed by atoms with E-state index in [2.05, 4.69) is 21.2 Å². The highest BCUT2D eigenvalue weighted by atomic mass is 79.9. The monoisotopic (exact) mass is 355 g/mol. The van der Waals surface area contributed by atoms with Crippen molar-refractivity contribution in [2.24, 2.45) is 5.92 Å². The summed E-state index contributed by atoms with van der Waals surface area (Å²) in [5, 5.41) is 11.7. The van der Waals surface area contributed by atoms with Crippen LogP contribution in [0.5, 0.6) is 0 Å². The van der Waals surface area contributed by atoms with Gasteiger partial charge in [-0.1, -0.05) is 28.1 Å². The highest BCUT2D eigenvalue weighted by Crippen LogP contribution is 2.28. The van der Waals surface area contributed by atoms with E-state index in [1.165, 1.54) is 12.8 Å². The maximum Gasteiger partial charge on any atom is 0.305 e. The molecule has 2 rings (SSSR count). The van der Waals surface area contributed by atoms with Gasteiger partial charge in [-0.05, 0) is 36.5 Å². The molecule has 1 aliphatic rings. The second-order valence-electron chi connectivity index (χ2n) is 5.23. The third-order valence-electron chi connectivity index (χ3n) is 3.25. The van der Waals surface area contributed by atoms with E-state index in [9.17, 15) is 9.59 Å². The van der Waals surface area contributed by atoms with Gasteiger partial charge in [-0.15, -0.1) is 0 Å². The molecule has 0 aromatic heterocycles. The molecule has 1 aromatic rings. The van der Waals surface area contributed by atoms with Crippen molar-refractivity contribution in [2.45, 2.75) is 25.3 Å². The van der Waals surface area contributed by atoms with E-state index in [1.807, 2.05) is 12.1 Å². The summed E-state index contributed by atoms with van der Waals surface area (Å²) in [7, 11) is 0. The number of carbonyl (C=O) groups is 2. The molecule has 0 radical (unpaired) electrons. The Balaban J connectivity index is 1.91. The van der Waals surface area contributed by atoms with Crippen LogP contribution in [0.2, 0.25) is 0 Å². The molecule has 0 bridgehead atoms. The number of ether oxygens (including phenoxy) is 1. The molecule has 1 atom stereocenters. The number of carbonyl (C=O) groups excluding carboxylic acids is 1. The largest absolute Gasteiger partial charge is 0.481 e. The molecule has 1 amide bonds. The van der Waals surface area contributed by atoms with Crippen molar-refractivity contribution in [3.63, 3.8) is 0 Å². The van der Waals surface area contributed by atoms with Gasteiger partial charge in [-0.3, -0.25) is 9.59 Å². The van der Waals surface area contributed by atoms with Crippen LogP contribution in [0.3, 0.4) is 0 Å². The summed E-state index contributed by atoms with van der Waals surface area (Å²) in [6.45, 7) is 0.578. The van der Waals surface area contributed by atoms with E-state index in [0.717, 1.165) is 10.0 Å². The standard InChI is InChI=1S/C15H18BrNO4/c16-12-3-1-2-11(6-12)13(7-15(19)20)17-14(18)9-21-8-10-4-5-10/h1-3,6,10,13H,4-5,7-9H2,(H,17,18)(H,19,20). The molecule has 1 aromatic carbocycles. The summed E-state index contributed by atoms with van der Waals surface area (Å²) in [5.74, 6) is -0.654. The van der Waals surface area contributed by atoms with Gasteiger partial charge in [0, 0.05) is 4.47 Å². The predicted molar refractivity (Wildman–Crippen MR) is 80.8 cm³/mol. The van der Waals surface area contributed by atoms with Gasteiger partial charge >= 0.3 is 5.97 Å². The van der Waals surface area contributed by atoms with Crippen LogP contribution in [0, 0.1) is 5.92 Å². The molecule has 0 spiro atoms. The molecule has 114 valence electrons. The number of carboxylic acids is 1. The first-order valence-corrected chi connectivity index (χ1v) is 7.68. The van der Waals surface area contributed by atoms with E-state index in [1.54, 1.807) is 12.1 Å². The Morgan fingerprint density at radius 2 is 2.19 bits per heavy atom. The van der Waals surface area contributed by atoms with Gasteiger partial charge in [0.1, 0.15) is 6.61 Å². The third-order valence-corrected chi connectivity index (χ3v) is 3.74. The lowest BCUT2D eigenvalue weighted by molar-refractivity contribution is -0.138. The zero-order valence-electron chi connectivity index (χ0n) is 11.5. The van der Waals surface area contributed by atoms with Crippen LogP contribution in [-0.2, 0) is 14.3 Å². The van der Waals surface area contributed by atoms with Crippen molar-refractivity contribution >= 4 is 27.8 Å². The zero-order chi connectivity index (χ0) is 15.2. The number of rotatable bonds is 8. The van der Waals surface area contributed by atoms with Crippen LogP contribution in [0.25, 0.3) is 0 Å². The first kappa shape index (κ1) is 16.0. The van der Waals surface area contributed by atoms with Crippen molar-refractivity contribution in [3.05, 3.63) is 34.3 Å². The number of hydrogen-bond acceptors (Lipinski definition) is 3. The number of carboxylic acid groups (broad SMARTS) is 1. The quantitative estimate of drug-likeness (QED) is 0.751. The maximum atomic E-state index is 11.9. The Morgan fingerprint density at radius 1 is 1.43 bits per heavy atom. The summed E-state index contributed by atoms with van der Waals surface area (Å²) in [6.07, 6.45) is 2.17. The first-order chi connectivity index (χ1) is 10.0. The van der Waals surface area contributed by atoms with E-state index < -0.39 is 12.0 Å². The topological polar surface area (TPSA) is 75.6 Å². The van der Waals surface area contributed by atoms with Gasteiger partial charge < -0.3 is 15.2 Å². The van der Waals surface area contributed by atoms with Gasteiger partial charge in [-0.25, -0.2) is 0 Å². The van der Waals surface area contributed by atoms with Crippen molar-refractivity contribution in [2.75, 3.05) is 13.2 Å². The minimum Gasteiger partial charge on any atom is -0.481 e. The molecule has 21 heavy (non-hydrogen) atoms. The molecule has 0 saturated heterocycles. The Kier molecular flexibility index (Phi) is 5.76. The lowest BCUT2D eigenvalue weighted by Crippen LogP contribution is -2.33. The Bertz CT molecular complexity index is 516. The normalized spacial score (nSPS) is 15.5. The van der Waals surface area contributed by atoms with Gasteiger partial charge in [0.25, 0.3) is 0 Å². The molecular weight excluding hydrogens is 338 g/mol. The fraction of sp³-hybridized carbons (Fsp3) is 0.467. The smallest absolute Gasteiger partial charge is 0.305 e. The second kappa shape index (κ2) is 7.56. The van der Waals surface area contributed by atoms with Gasteiger partial charge in [0.05, 0.1) is 19.1 Å². The molecule has 0 heterocycles. The van der Waals surface area contributed by atoms with Crippen LogP contribution < -0.4 is 5.32 Å². The molecule has 1 fully saturated rings. The van der Waals surface area contributed by atoms with Crippen LogP contribution in [0.1, 0.15) is 30.9 Å². The van der Waals surface area contributed by atoms with Crippen molar-refractivity contribution < 1.29 is 19.4 Å². The van der Waals surface area contributed by atoms with Gasteiger partial charge in [-0.2, -0.15) is 0 Å². The average molecular weight is 356 g/mol. The minimum atomic E-state index is -0.959. The highest BCUT2D eigenvalue weighted by molar-refractivity contribution is 9.10. The number of benzene rings is 1. The molecule has 6 heteroatoms. The fourth-order valence-electron chi connectivity index (χ4n) is 1.99. The van der Waals surface area contributed by atoms with Crippen LogP contribution in [0.4, 0.5) is 0 Å². The van der Waals surface area contributed by atoms with Crippen LogP contribution in [0.15, 0.2) is 28.7 Å². The molecule has 0 aliphatic heterocycles. The Morgan fingerprint density at radius 3 is 2.81 bits per heavy atom. The summed E-state index contributed by atoms with van der Waals surface area (Å²) < 4.78 is 6.16. The molecular formula is C15H18BrNO4. The minimum absolute atomic E-state index is 0.0272. The number of hydrogen-bond donors (Lipinski definition) is 2. The average Bonchev–Trinajstić information content (AvgIpc) is 3.21. The van der Waals surface area contributed by atoms with Gasteiger partial charge in [0.2, 0.25) is 5.91 Å². The van der Waals surface area contributed by atoms with Gasteiger partial charge in [0.15, 0.2) is 0 Å². The second-order valence-corrected chi connectivity index (χ2v) is 6.15. The zero-order valence-corrected chi connectivity index (χ0v) is 13.1. The first-order valence-electron chi connectivity index (χ1n) is 6.89. The van der Waals surface area contributed by atoms with Crippen molar-refractivity contribution in [1.82, 2.24) is 5.32 Å². The van der Waals surface area contributed by atoms with Crippen molar-refractivity contribution in [3.8, 4) is 0 Å². The van der Waals surface area contributed by atoms with E-state index in [0.29, 0.717) is 12.5 Å². The Labute approximate surface area is 131 Å². The van der Waals surface area contributed by atoms with E-state index >= 15 is 0 Å². The number of amides is 1. The summed E-state index contributed by atoms with van der Waals surface area (Å²) in [6, 6.07) is 6.70. The third kappa shape index (κ3) is 5.85. The molecule has 2 N–H and O–H groups in total. The van der Waals surface area contributed by atoms with E-state index in [-0.39, 0.29) is 18.9 Å². The molecule has 1 saturated carbocycles. The van der Waals surface area contributed by atoms with Crippen molar-refractivity contribution in [1.29, 1.82) is 0 Å². The molecule has 1 aliphatic carbocycles. The number of aliphatic carboxylic acids is 1. The lowest BCUT2D eigenvalue weighted by atomic mass is 10.0. The lowest BCUT2D eigenvalue weighted by Gasteiger charge is -2.17. The SMILES string of the molecule is O=C(O)CC(NC(=O)COCC1CC1)c1cccc(Br)c1. The fourth-order valence-corrected chi connectivity index (χ4v) is 2.41. The summed E-state index contributed by atoms with van der Waals surface area (Å²) in [5.41, 5.74) is 0.752.